The first-order chi connectivity index (χ1) is 9.13. The lowest BCUT2D eigenvalue weighted by atomic mass is 10.1. The van der Waals surface area contributed by atoms with Gasteiger partial charge in [-0.25, -0.2) is 0 Å². The Morgan fingerprint density at radius 3 is 3.00 bits per heavy atom. The molecule has 2 aromatic rings. The van der Waals surface area contributed by atoms with Gasteiger partial charge in [-0.15, -0.1) is 11.8 Å². The molecule has 3 rings (SSSR count). The monoisotopic (exact) mass is 274 g/mol. The van der Waals surface area contributed by atoms with Crippen LogP contribution in [0.2, 0.25) is 0 Å². The number of aliphatic carboxylic acids is 1. The molecule has 1 aromatic carbocycles. The summed E-state index contributed by atoms with van der Waals surface area (Å²) in [4.78, 5) is 15.4. The van der Waals surface area contributed by atoms with Crippen LogP contribution in [0.25, 0.3) is 10.9 Å². The number of aryl methyl sites for hydroxylation is 1. The van der Waals surface area contributed by atoms with Crippen LogP contribution in [-0.4, -0.2) is 27.9 Å². The van der Waals surface area contributed by atoms with Gasteiger partial charge in [-0.3, -0.25) is 15.1 Å². The number of hydrogen-bond acceptors (Lipinski definition) is 4. The van der Waals surface area contributed by atoms with E-state index >= 15 is 0 Å². The minimum atomic E-state index is -0.784. The molecule has 2 atom stereocenters. The summed E-state index contributed by atoms with van der Waals surface area (Å²) in [6.07, 6.45) is 0. The van der Waals surface area contributed by atoms with Crippen LogP contribution in [0.5, 0.6) is 0 Å². The third-order valence-corrected chi connectivity index (χ3v) is 4.50. The van der Waals surface area contributed by atoms with Crippen LogP contribution in [0.1, 0.15) is 16.6 Å². The zero-order valence-electron chi connectivity index (χ0n) is 10.5. The van der Waals surface area contributed by atoms with Crippen molar-refractivity contribution >= 4 is 28.6 Å². The van der Waals surface area contributed by atoms with Gasteiger partial charge in [-0.2, -0.15) is 0 Å². The van der Waals surface area contributed by atoms with Crippen molar-refractivity contribution in [2.24, 2.45) is 0 Å². The smallest absolute Gasteiger partial charge is 0.321 e. The molecule has 0 bridgehead atoms. The number of carboxylic acid groups (broad SMARTS) is 1. The van der Waals surface area contributed by atoms with Gasteiger partial charge in [0.05, 0.1) is 10.9 Å². The Labute approximate surface area is 115 Å². The minimum absolute atomic E-state index is 0.0480. The van der Waals surface area contributed by atoms with E-state index in [0.29, 0.717) is 5.75 Å². The van der Waals surface area contributed by atoms with Crippen molar-refractivity contribution < 1.29 is 9.90 Å². The summed E-state index contributed by atoms with van der Waals surface area (Å²) in [5.74, 6) is -0.183. The average Bonchev–Trinajstić information content (AvgIpc) is 2.88. The van der Waals surface area contributed by atoms with Crippen molar-refractivity contribution in [3.05, 3.63) is 41.6 Å². The van der Waals surface area contributed by atoms with E-state index in [4.69, 9.17) is 5.11 Å². The van der Waals surface area contributed by atoms with Crippen molar-refractivity contribution in [1.29, 1.82) is 0 Å². The van der Waals surface area contributed by atoms with Gasteiger partial charge in [0.15, 0.2) is 0 Å². The van der Waals surface area contributed by atoms with E-state index in [0.717, 1.165) is 22.2 Å². The van der Waals surface area contributed by atoms with Crippen LogP contribution in [0.15, 0.2) is 30.3 Å². The number of aromatic nitrogens is 1. The molecule has 1 aliphatic rings. The molecule has 1 aliphatic heterocycles. The maximum atomic E-state index is 10.9. The molecule has 2 heterocycles. The Morgan fingerprint density at radius 1 is 1.42 bits per heavy atom. The Balaban J connectivity index is 1.90. The van der Waals surface area contributed by atoms with Crippen LogP contribution in [0.3, 0.4) is 0 Å². The lowest BCUT2D eigenvalue weighted by Gasteiger charge is -2.12. The third kappa shape index (κ3) is 2.43. The molecule has 0 spiro atoms. The van der Waals surface area contributed by atoms with E-state index < -0.39 is 12.0 Å². The first-order valence-electron chi connectivity index (χ1n) is 6.11. The molecule has 4 nitrogen and oxygen atoms in total. The summed E-state index contributed by atoms with van der Waals surface area (Å²) in [7, 11) is 0. The number of nitrogens with zero attached hydrogens (tertiary/aromatic N) is 1. The number of rotatable bonds is 2. The lowest BCUT2D eigenvalue weighted by Crippen LogP contribution is -2.33. The van der Waals surface area contributed by atoms with Gasteiger partial charge in [0, 0.05) is 16.8 Å². The van der Waals surface area contributed by atoms with E-state index in [1.54, 1.807) is 11.8 Å². The van der Waals surface area contributed by atoms with Gasteiger partial charge >= 0.3 is 5.97 Å². The summed E-state index contributed by atoms with van der Waals surface area (Å²) in [6.45, 7) is 1.97. The van der Waals surface area contributed by atoms with E-state index in [-0.39, 0.29) is 5.37 Å². The number of fused-ring (bicyclic) bond motifs is 1. The molecule has 0 radical (unpaired) electrons. The Kier molecular flexibility index (Phi) is 3.16. The predicted octanol–water partition coefficient (Wildman–Crippen LogP) is 2.33. The highest BCUT2D eigenvalue weighted by Gasteiger charge is 2.30. The minimum Gasteiger partial charge on any atom is -0.480 e. The largest absolute Gasteiger partial charge is 0.480 e. The summed E-state index contributed by atoms with van der Waals surface area (Å²) >= 11 is 1.63. The number of carbonyl (C=O) groups is 1. The Bertz CT molecular complexity index is 644. The molecular formula is C14H14N2O2S. The van der Waals surface area contributed by atoms with Crippen molar-refractivity contribution in [1.82, 2.24) is 10.3 Å². The first-order valence-corrected chi connectivity index (χ1v) is 7.16. The third-order valence-electron chi connectivity index (χ3n) is 3.24. The normalized spacial score (nSPS) is 22.8. The van der Waals surface area contributed by atoms with Crippen LogP contribution in [0, 0.1) is 6.92 Å². The molecule has 0 aliphatic carbocycles. The van der Waals surface area contributed by atoms with Gasteiger partial charge in [-0.1, -0.05) is 12.1 Å². The number of pyridine rings is 1. The van der Waals surface area contributed by atoms with Gasteiger partial charge < -0.3 is 5.11 Å². The summed E-state index contributed by atoms with van der Waals surface area (Å²) in [5, 5.41) is 13.3. The van der Waals surface area contributed by atoms with Crippen molar-refractivity contribution in [2.75, 3.05) is 5.75 Å². The predicted molar refractivity (Wildman–Crippen MR) is 76.2 cm³/mol. The number of hydrogen-bond donors (Lipinski definition) is 2. The fourth-order valence-corrected chi connectivity index (χ4v) is 3.44. The Morgan fingerprint density at radius 2 is 2.26 bits per heavy atom. The molecule has 2 N–H and O–H groups in total. The molecule has 19 heavy (non-hydrogen) atoms. The second-order valence-electron chi connectivity index (χ2n) is 4.68. The van der Waals surface area contributed by atoms with E-state index in [9.17, 15) is 4.79 Å². The van der Waals surface area contributed by atoms with Gasteiger partial charge in [0.2, 0.25) is 0 Å². The molecule has 1 saturated heterocycles. The van der Waals surface area contributed by atoms with Crippen molar-refractivity contribution in [3.63, 3.8) is 0 Å². The fraction of sp³-hybridized carbons (Fsp3) is 0.286. The highest BCUT2D eigenvalue weighted by molar-refractivity contribution is 7.99. The highest BCUT2D eigenvalue weighted by Crippen LogP contribution is 2.33. The molecule has 1 aromatic heterocycles. The van der Waals surface area contributed by atoms with E-state index in [1.807, 2.05) is 25.1 Å². The SMILES string of the molecule is Cc1ccc2cc(C3N[C@H](C(=O)O)CS3)ccc2n1. The average molecular weight is 274 g/mol. The van der Waals surface area contributed by atoms with Crippen molar-refractivity contribution in [2.45, 2.75) is 18.3 Å². The highest BCUT2D eigenvalue weighted by atomic mass is 32.2. The summed E-state index contributed by atoms with van der Waals surface area (Å²) in [6, 6.07) is 9.67. The molecule has 98 valence electrons. The van der Waals surface area contributed by atoms with Crippen LogP contribution >= 0.6 is 11.8 Å². The van der Waals surface area contributed by atoms with Crippen LogP contribution < -0.4 is 5.32 Å². The molecule has 0 saturated carbocycles. The second-order valence-corrected chi connectivity index (χ2v) is 5.81. The number of thioether (sulfide) groups is 1. The maximum absolute atomic E-state index is 10.9. The van der Waals surface area contributed by atoms with Crippen LogP contribution in [-0.2, 0) is 4.79 Å². The molecule has 1 unspecified atom stereocenters. The molecule has 0 amide bonds. The van der Waals surface area contributed by atoms with E-state index in [2.05, 4.69) is 22.4 Å². The number of benzene rings is 1. The number of carboxylic acids is 1. The van der Waals surface area contributed by atoms with Gasteiger partial charge in [-0.05, 0) is 30.7 Å². The molecular weight excluding hydrogens is 260 g/mol. The summed E-state index contributed by atoms with van der Waals surface area (Å²) < 4.78 is 0. The second kappa shape index (κ2) is 4.83. The number of nitrogens with one attached hydrogen (secondary N) is 1. The molecule has 5 heteroatoms. The standard InChI is InChI=1S/C14H14N2O2S/c1-8-2-3-9-6-10(4-5-11(9)15-8)13-16-12(7-19-13)14(17)18/h2-6,12-13,16H,7H2,1H3,(H,17,18)/t12-,13?/m0/s1. The first kappa shape index (κ1) is 12.4. The summed E-state index contributed by atoms with van der Waals surface area (Å²) in [5.41, 5.74) is 3.08. The maximum Gasteiger partial charge on any atom is 0.321 e. The van der Waals surface area contributed by atoms with Crippen LogP contribution in [0.4, 0.5) is 0 Å². The zero-order chi connectivity index (χ0) is 13.4. The van der Waals surface area contributed by atoms with Gasteiger partial charge in [0.1, 0.15) is 6.04 Å². The Hall–Kier alpha value is -1.59. The lowest BCUT2D eigenvalue weighted by molar-refractivity contribution is -0.138. The quantitative estimate of drug-likeness (QED) is 0.880. The molecule has 1 fully saturated rings. The fourth-order valence-electron chi connectivity index (χ4n) is 2.22. The van der Waals surface area contributed by atoms with E-state index in [1.165, 1.54) is 0 Å². The zero-order valence-corrected chi connectivity index (χ0v) is 11.3. The van der Waals surface area contributed by atoms with Gasteiger partial charge in [0.25, 0.3) is 0 Å². The van der Waals surface area contributed by atoms with Crippen molar-refractivity contribution in [3.8, 4) is 0 Å². The topological polar surface area (TPSA) is 62.2 Å².